The molecule has 1 atom stereocenters. The summed E-state index contributed by atoms with van der Waals surface area (Å²) in [4.78, 5) is 16.3. The lowest BCUT2D eigenvalue weighted by molar-refractivity contribution is -0.151. The van der Waals surface area contributed by atoms with Gasteiger partial charge in [0, 0.05) is 51.3 Å². The van der Waals surface area contributed by atoms with Crippen LogP contribution in [-0.4, -0.2) is 72.5 Å². The third-order valence-electron chi connectivity index (χ3n) is 5.65. The van der Waals surface area contributed by atoms with Crippen LogP contribution in [0.2, 0.25) is 0 Å². The normalized spacial score (nSPS) is 25.6. The molecule has 7 heteroatoms. The smallest absolute Gasteiger partial charge is 0.248 e. The van der Waals surface area contributed by atoms with Gasteiger partial charge in [-0.1, -0.05) is 5.16 Å². The van der Waals surface area contributed by atoms with Gasteiger partial charge in [-0.05, 0) is 26.2 Å². The molecular formula is C18H27N3O4. The lowest BCUT2D eigenvalue weighted by Gasteiger charge is -2.50. The molecule has 3 fully saturated rings. The van der Waals surface area contributed by atoms with Crippen LogP contribution in [0, 0.1) is 12.8 Å². The lowest BCUT2D eigenvalue weighted by Crippen LogP contribution is -2.64. The third-order valence-corrected chi connectivity index (χ3v) is 5.65. The van der Waals surface area contributed by atoms with Gasteiger partial charge in [0.1, 0.15) is 12.4 Å². The molecule has 0 aliphatic carbocycles. The topological polar surface area (TPSA) is 68.0 Å². The highest BCUT2D eigenvalue weighted by Gasteiger charge is 2.53. The summed E-state index contributed by atoms with van der Waals surface area (Å²) >= 11 is 0. The second-order valence-electron chi connectivity index (χ2n) is 7.58. The predicted molar refractivity (Wildman–Crippen MR) is 89.9 cm³/mol. The first-order valence-electron chi connectivity index (χ1n) is 9.29. The molecule has 0 N–H and O–H groups in total. The minimum atomic E-state index is -0.102. The van der Waals surface area contributed by atoms with Gasteiger partial charge in [-0.25, -0.2) is 0 Å². The number of ether oxygens (including phenoxy) is 2. The largest absolute Gasteiger partial charge is 0.372 e. The number of hydrogen-bond acceptors (Lipinski definition) is 6. The summed E-state index contributed by atoms with van der Waals surface area (Å²) in [5.41, 5.74) is 0.865. The minimum Gasteiger partial charge on any atom is -0.372 e. The van der Waals surface area contributed by atoms with Crippen molar-refractivity contribution in [2.24, 2.45) is 5.92 Å². The van der Waals surface area contributed by atoms with E-state index in [9.17, 15) is 4.79 Å². The maximum atomic E-state index is 12.1. The molecule has 4 rings (SSSR count). The molecule has 0 bridgehead atoms. The molecule has 0 saturated carbocycles. The quantitative estimate of drug-likeness (QED) is 0.769. The van der Waals surface area contributed by atoms with E-state index in [1.807, 2.05) is 17.9 Å². The van der Waals surface area contributed by atoms with Crippen LogP contribution in [0.1, 0.15) is 30.7 Å². The maximum Gasteiger partial charge on any atom is 0.248 e. The highest BCUT2D eigenvalue weighted by atomic mass is 16.5. The standard InChI is InChI=1S/C18H27N3O4/c1-14-8-16(19-25-14)9-20-12-18(13-20)15(4-7-24-18)10-23-11-17(22)21-5-2-3-6-21/h8,15H,2-7,9-13H2,1H3/t15-/m0/s1. The first-order chi connectivity index (χ1) is 12.1. The molecule has 0 radical (unpaired) electrons. The van der Waals surface area contributed by atoms with Crippen molar-refractivity contribution >= 4 is 5.91 Å². The first kappa shape index (κ1) is 17.0. The minimum absolute atomic E-state index is 0.102. The first-order valence-corrected chi connectivity index (χ1v) is 9.29. The average Bonchev–Trinajstić information content (AvgIpc) is 3.28. The molecule has 0 unspecified atom stereocenters. The van der Waals surface area contributed by atoms with Crippen molar-refractivity contribution in [1.82, 2.24) is 15.0 Å². The Morgan fingerprint density at radius 1 is 1.40 bits per heavy atom. The van der Waals surface area contributed by atoms with E-state index in [0.717, 1.165) is 70.0 Å². The molecule has 3 saturated heterocycles. The van der Waals surface area contributed by atoms with Crippen LogP contribution in [0.15, 0.2) is 10.6 Å². The second-order valence-corrected chi connectivity index (χ2v) is 7.58. The zero-order chi connectivity index (χ0) is 17.3. The molecule has 3 aliphatic heterocycles. The van der Waals surface area contributed by atoms with Gasteiger partial charge in [0.2, 0.25) is 5.91 Å². The predicted octanol–water partition coefficient (Wildman–Crippen LogP) is 1.21. The van der Waals surface area contributed by atoms with Crippen molar-refractivity contribution in [3.05, 3.63) is 17.5 Å². The molecule has 25 heavy (non-hydrogen) atoms. The molecule has 3 aliphatic rings. The van der Waals surface area contributed by atoms with Gasteiger partial charge < -0.3 is 18.9 Å². The van der Waals surface area contributed by atoms with Crippen molar-refractivity contribution in [2.45, 2.75) is 38.3 Å². The van der Waals surface area contributed by atoms with Gasteiger partial charge in [0.05, 0.1) is 17.9 Å². The number of hydrogen-bond donors (Lipinski definition) is 0. The van der Waals surface area contributed by atoms with Crippen LogP contribution in [0.25, 0.3) is 0 Å². The van der Waals surface area contributed by atoms with Crippen LogP contribution in [0.4, 0.5) is 0 Å². The number of amides is 1. The Morgan fingerprint density at radius 3 is 2.92 bits per heavy atom. The number of aromatic nitrogens is 1. The molecule has 1 aromatic heterocycles. The van der Waals surface area contributed by atoms with E-state index < -0.39 is 0 Å². The zero-order valence-electron chi connectivity index (χ0n) is 14.9. The summed E-state index contributed by atoms with van der Waals surface area (Å²) in [6.45, 7) is 7.86. The van der Waals surface area contributed by atoms with Crippen LogP contribution in [0.5, 0.6) is 0 Å². The van der Waals surface area contributed by atoms with Crippen molar-refractivity contribution in [2.75, 3.05) is 46.0 Å². The number of carbonyl (C=O) groups is 1. The highest BCUT2D eigenvalue weighted by molar-refractivity contribution is 5.77. The van der Waals surface area contributed by atoms with Crippen LogP contribution in [-0.2, 0) is 20.8 Å². The molecule has 7 nitrogen and oxygen atoms in total. The number of aryl methyl sites for hydroxylation is 1. The van der Waals surface area contributed by atoms with E-state index in [-0.39, 0.29) is 18.1 Å². The Balaban J connectivity index is 1.22. The summed E-state index contributed by atoms with van der Waals surface area (Å²) in [6.07, 6.45) is 3.24. The molecule has 0 aromatic carbocycles. The van der Waals surface area contributed by atoms with Crippen LogP contribution < -0.4 is 0 Å². The van der Waals surface area contributed by atoms with Gasteiger partial charge in [0.25, 0.3) is 0 Å². The van der Waals surface area contributed by atoms with Crippen LogP contribution in [0.3, 0.4) is 0 Å². The van der Waals surface area contributed by atoms with Crippen LogP contribution >= 0.6 is 0 Å². The lowest BCUT2D eigenvalue weighted by atomic mass is 9.81. The average molecular weight is 349 g/mol. The van der Waals surface area contributed by atoms with E-state index in [1.165, 1.54) is 0 Å². The van der Waals surface area contributed by atoms with Gasteiger partial charge in [-0.15, -0.1) is 0 Å². The van der Waals surface area contributed by atoms with Crippen molar-refractivity contribution in [3.8, 4) is 0 Å². The van der Waals surface area contributed by atoms with Gasteiger partial charge in [-0.3, -0.25) is 9.69 Å². The fourth-order valence-corrected chi connectivity index (χ4v) is 4.26. The van der Waals surface area contributed by atoms with E-state index in [0.29, 0.717) is 12.5 Å². The molecular weight excluding hydrogens is 322 g/mol. The Hall–Kier alpha value is -1.44. The molecule has 4 heterocycles. The number of rotatable bonds is 6. The Bertz CT molecular complexity index is 605. The van der Waals surface area contributed by atoms with Crippen molar-refractivity contribution in [3.63, 3.8) is 0 Å². The summed E-state index contributed by atoms with van der Waals surface area (Å²) in [5.74, 6) is 1.34. The van der Waals surface area contributed by atoms with Crippen molar-refractivity contribution < 1.29 is 18.8 Å². The monoisotopic (exact) mass is 349 g/mol. The third kappa shape index (κ3) is 3.59. The Kier molecular flexibility index (Phi) is 4.80. The molecule has 1 amide bonds. The molecule has 1 spiro atoms. The summed E-state index contributed by atoms with van der Waals surface area (Å²) in [6, 6.07) is 1.98. The number of likely N-dealkylation sites (tertiary alicyclic amines) is 2. The highest BCUT2D eigenvalue weighted by Crippen LogP contribution is 2.40. The van der Waals surface area contributed by atoms with E-state index >= 15 is 0 Å². The SMILES string of the molecule is Cc1cc(CN2CC3(C2)OCC[C@H]3COCC(=O)N2CCCC2)no1. The number of nitrogens with zero attached hydrogens (tertiary/aromatic N) is 3. The maximum absolute atomic E-state index is 12.1. The van der Waals surface area contributed by atoms with E-state index in [2.05, 4.69) is 10.1 Å². The second kappa shape index (κ2) is 7.05. The summed E-state index contributed by atoms with van der Waals surface area (Å²) in [5, 5.41) is 4.05. The molecule has 1 aromatic rings. The summed E-state index contributed by atoms with van der Waals surface area (Å²) in [7, 11) is 0. The van der Waals surface area contributed by atoms with Crippen molar-refractivity contribution in [1.29, 1.82) is 0 Å². The number of carbonyl (C=O) groups excluding carboxylic acids is 1. The zero-order valence-corrected chi connectivity index (χ0v) is 14.9. The van der Waals surface area contributed by atoms with Gasteiger partial charge >= 0.3 is 0 Å². The summed E-state index contributed by atoms with van der Waals surface area (Å²) < 4.78 is 16.9. The Morgan fingerprint density at radius 2 is 2.20 bits per heavy atom. The molecule has 138 valence electrons. The fourth-order valence-electron chi connectivity index (χ4n) is 4.26. The Labute approximate surface area is 148 Å². The fraction of sp³-hybridized carbons (Fsp3) is 0.778. The van der Waals surface area contributed by atoms with E-state index in [4.69, 9.17) is 14.0 Å². The van der Waals surface area contributed by atoms with Gasteiger partial charge in [-0.2, -0.15) is 0 Å². The van der Waals surface area contributed by atoms with Gasteiger partial charge in [0.15, 0.2) is 0 Å². The van der Waals surface area contributed by atoms with E-state index in [1.54, 1.807) is 0 Å².